The molecule has 0 N–H and O–H groups in total. The van der Waals surface area contributed by atoms with E-state index in [9.17, 15) is 9.59 Å². The number of ether oxygens (including phenoxy) is 1. The molecule has 1 fully saturated rings. The van der Waals surface area contributed by atoms with Gasteiger partial charge in [-0.15, -0.1) is 11.3 Å². The molecule has 0 unspecified atom stereocenters. The largest absolute Gasteiger partial charge is 0.456 e. The minimum absolute atomic E-state index is 0.144. The van der Waals surface area contributed by atoms with Crippen LogP contribution in [0.25, 0.3) is 22.5 Å². The number of aryl methyl sites for hydroxylation is 1. The summed E-state index contributed by atoms with van der Waals surface area (Å²) in [4.78, 5) is 33.3. The molecule has 3 aromatic rings. The number of esters is 1. The van der Waals surface area contributed by atoms with Gasteiger partial charge in [-0.05, 0) is 59.1 Å². The Morgan fingerprint density at radius 2 is 1.75 bits per heavy atom. The average molecular weight is 578 g/mol. The van der Waals surface area contributed by atoms with Gasteiger partial charge in [-0.3, -0.25) is 4.79 Å². The van der Waals surface area contributed by atoms with Crippen molar-refractivity contribution in [2.75, 3.05) is 13.1 Å². The van der Waals surface area contributed by atoms with Crippen LogP contribution in [0.3, 0.4) is 0 Å². The number of carbonyl (C=O) groups is 2. The van der Waals surface area contributed by atoms with Gasteiger partial charge in [0.2, 0.25) is 0 Å². The molecular weight excluding hydrogens is 546 g/mol. The first-order chi connectivity index (χ1) is 19.1. The number of thiazole rings is 1. The summed E-state index contributed by atoms with van der Waals surface area (Å²) in [7, 11) is 0. The molecule has 7 nitrogen and oxygen atoms in total. The number of hydrogen-bond acceptors (Lipinski definition) is 7. The predicted octanol–water partition coefficient (Wildman–Crippen LogP) is 7.29. The van der Waals surface area contributed by atoms with Crippen molar-refractivity contribution >= 4 is 34.8 Å². The normalized spacial score (nSPS) is 16.4. The molecule has 0 saturated carbocycles. The van der Waals surface area contributed by atoms with Gasteiger partial charge in [0.15, 0.2) is 0 Å². The molecule has 0 atom stereocenters. The van der Waals surface area contributed by atoms with Crippen LogP contribution in [0.5, 0.6) is 0 Å². The maximum atomic E-state index is 13.6. The van der Waals surface area contributed by atoms with E-state index in [4.69, 9.17) is 25.8 Å². The molecule has 9 heteroatoms. The minimum atomic E-state index is -0.645. The Morgan fingerprint density at radius 3 is 2.42 bits per heavy atom. The Morgan fingerprint density at radius 1 is 1.07 bits per heavy atom. The molecule has 208 valence electrons. The fourth-order valence-corrected chi connectivity index (χ4v) is 6.00. The van der Waals surface area contributed by atoms with E-state index in [1.807, 2.05) is 74.4 Å². The zero-order chi connectivity index (χ0) is 28.4. The van der Waals surface area contributed by atoms with Crippen LogP contribution in [-0.2, 0) is 14.3 Å². The smallest absolute Gasteiger partial charge is 0.339 e. The summed E-state index contributed by atoms with van der Waals surface area (Å²) in [6, 6.07) is 7.51. The lowest BCUT2D eigenvalue weighted by Crippen LogP contribution is -2.39. The molecule has 0 spiro atoms. The lowest BCUT2D eigenvalue weighted by molar-refractivity contribution is -0.149. The van der Waals surface area contributed by atoms with E-state index in [1.165, 1.54) is 0 Å². The molecule has 3 heterocycles. The Hall–Kier alpha value is -3.49. The Kier molecular flexibility index (Phi) is 8.10. The quantitative estimate of drug-likeness (QED) is 0.296. The van der Waals surface area contributed by atoms with Gasteiger partial charge in [0.25, 0.3) is 5.91 Å². The molecule has 5 rings (SSSR count). The van der Waals surface area contributed by atoms with Crippen LogP contribution < -0.4 is 0 Å². The lowest BCUT2D eigenvalue weighted by Gasteiger charge is -2.31. The van der Waals surface area contributed by atoms with Crippen LogP contribution in [0, 0.1) is 6.92 Å². The summed E-state index contributed by atoms with van der Waals surface area (Å²) < 4.78 is 11.1. The summed E-state index contributed by atoms with van der Waals surface area (Å²) in [5.74, 6) is 0.327. The third-order valence-corrected chi connectivity index (χ3v) is 8.13. The summed E-state index contributed by atoms with van der Waals surface area (Å²) in [6.45, 7) is 8.53. The number of piperidine rings is 1. The number of rotatable bonds is 5. The van der Waals surface area contributed by atoms with E-state index >= 15 is 0 Å². The second-order valence-corrected chi connectivity index (χ2v) is 12.3. The fourth-order valence-electron chi connectivity index (χ4n) is 4.90. The number of amides is 1. The van der Waals surface area contributed by atoms with E-state index in [0.29, 0.717) is 41.4 Å². The van der Waals surface area contributed by atoms with Gasteiger partial charge in [-0.1, -0.05) is 53.2 Å². The first-order valence-electron chi connectivity index (χ1n) is 13.4. The number of halogens is 1. The van der Waals surface area contributed by atoms with E-state index in [1.54, 1.807) is 23.5 Å². The number of benzene rings is 1. The minimum Gasteiger partial charge on any atom is -0.456 e. The van der Waals surface area contributed by atoms with Crippen molar-refractivity contribution in [3.05, 3.63) is 80.9 Å². The number of likely N-dealkylation sites (tertiary alicyclic amines) is 1. The average Bonchev–Trinajstić information content (AvgIpc) is 3.46. The van der Waals surface area contributed by atoms with Gasteiger partial charge in [0.1, 0.15) is 17.1 Å². The van der Waals surface area contributed by atoms with Gasteiger partial charge in [0.05, 0.1) is 27.4 Å². The zero-order valence-electron chi connectivity index (χ0n) is 23.1. The third kappa shape index (κ3) is 6.13. The second kappa shape index (κ2) is 11.6. The second-order valence-electron chi connectivity index (χ2n) is 11.0. The number of aromatic nitrogens is 2. The van der Waals surface area contributed by atoms with Crippen molar-refractivity contribution in [3.63, 3.8) is 0 Å². The van der Waals surface area contributed by atoms with E-state index in [0.717, 1.165) is 40.4 Å². The highest BCUT2D eigenvalue weighted by atomic mass is 35.5. The lowest BCUT2D eigenvalue weighted by atomic mass is 9.96. The molecule has 1 aliphatic carbocycles. The maximum Gasteiger partial charge on any atom is 0.339 e. The molecule has 0 radical (unpaired) electrons. The van der Waals surface area contributed by atoms with Gasteiger partial charge in [-0.25, -0.2) is 9.78 Å². The molecule has 40 heavy (non-hydrogen) atoms. The van der Waals surface area contributed by atoms with Crippen LogP contribution in [0.2, 0.25) is 5.02 Å². The summed E-state index contributed by atoms with van der Waals surface area (Å²) >= 11 is 7.69. The standard InChI is InChI=1S/C31H32ClN3O4S/c1-19-26(27(34-39-19)20-10-12-22(32)13-11-20)25-18-40-28(33-25)21-14-16-35(17-15-21)29(36)23-8-6-5-7-9-24(23)30(37)38-31(2,3)4/h6-13,18,21H,5,14-17H2,1-4H3. The number of allylic oxidation sites excluding steroid dienone is 2. The van der Waals surface area contributed by atoms with Gasteiger partial charge < -0.3 is 14.2 Å². The maximum absolute atomic E-state index is 13.6. The third-order valence-electron chi connectivity index (χ3n) is 6.87. The van der Waals surface area contributed by atoms with Crippen molar-refractivity contribution in [2.45, 2.75) is 58.5 Å². The van der Waals surface area contributed by atoms with Crippen molar-refractivity contribution < 1.29 is 18.8 Å². The summed E-state index contributed by atoms with van der Waals surface area (Å²) in [5, 5.41) is 8.03. The van der Waals surface area contributed by atoms with Gasteiger partial charge >= 0.3 is 5.97 Å². The first kappa shape index (κ1) is 28.1. The van der Waals surface area contributed by atoms with Crippen molar-refractivity contribution in [1.29, 1.82) is 0 Å². The fraction of sp³-hybridized carbons (Fsp3) is 0.355. The van der Waals surface area contributed by atoms with Crippen LogP contribution in [0.1, 0.15) is 56.7 Å². The Labute approximate surface area is 243 Å². The molecule has 1 aliphatic heterocycles. The first-order valence-corrected chi connectivity index (χ1v) is 14.6. The highest BCUT2D eigenvalue weighted by molar-refractivity contribution is 7.10. The Balaban J connectivity index is 1.30. The van der Waals surface area contributed by atoms with Crippen LogP contribution in [0.15, 0.2) is 69.6 Å². The van der Waals surface area contributed by atoms with Crippen LogP contribution in [0.4, 0.5) is 0 Å². The van der Waals surface area contributed by atoms with Gasteiger partial charge in [-0.2, -0.15) is 0 Å². The molecular formula is C31H32ClN3O4S. The molecule has 0 bridgehead atoms. The molecule has 1 amide bonds. The predicted molar refractivity (Wildman–Crippen MR) is 157 cm³/mol. The monoisotopic (exact) mass is 577 g/mol. The highest BCUT2D eigenvalue weighted by Crippen LogP contribution is 2.38. The number of nitrogens with zero attached hydrogens (tertiary/aromatic N) is 3. The summed E-state index contributed by atoms with van der Waals surface area (Å²) in [5.41, 5.74) is 3.42. The molecule has 2 aromatic heterocycles. The molecule has 1 aromatic carbocycles. The van der Waals surface area contributed by atoms with Crippen molar-refractivity contribution in [3.8, 4) is 22.5 Å². The van der Waals surface area contributed by atoms with E-state index in [-0.39, 0.29) is 11.8 Å². The van der Waals surface area contributed by atoms with Crippen LogP contribution >= 0.6 is 22.9 Å². The topological polar surface area (TPSA) is 85.5 Å². The van der Waals surface area contributed by atoms with Crippen LogP contribution in [-0.4, -0.2) is 45.6 Å². The number of carbonyl (C=O) groups excluding carboxylic acids is 2. The summed E-state index contributed by atoms with van der Waals surface area (Å²) in [6.07, 6.45) is 9.47. The van der Waals surface area contributed by atoms with E-state index in [2.05, 4.69) is 5.16 Å². The van der Waals surface area contributed by atoms with Crippen molar-refractivity contribution in [1.82, 2.24) is 15.0 Å². The SMILES string of the molecule is Cc1onc(-c2ccc(Cl)cc2)c1-c1csc(C2CCN(C(=O)C3=C(C(=O)OC(C)(C)C)C=CCC=C3)CC2)n1. The zero-order valence-corrected chi connectivity index (χ0v) is 24.6. The Bertz CT molecular complexity index is 1500. The van der Waals surface area contributed by atoms with Gasteiger partial charge in [0, 0.05) is 35.0 Å². The van der Waals surface area contributed by atoms with E-state index < -0.39 is 11.6 Å². The molecule has 1 saturated heterocycles. The molecule has 2 aliphatic rings. The highest BCUT2D eigenvalue weighted by Gasteiger charge is 2.31. The van der Waals surface area contributed by atoms with Crippen molar-refractivity contribution in [2.24, 2.45) is 0 Å². The number of hydrogen-bond donors (Lipinski definition) is 0.